The third kappa shape index (κ3) is 5.47. The number of hydrogen-bond donors (Lipinski definition) is 2. The summed E-state index contributed by atoms with van der Waals surface area (Å²) in [5, 5.41) is 18.4. The van der Waals surface area contributed by atoms with Gasteiger partial charge in [-0.25, -0.2) is 0 Å². The fraction of sp³-hybridized carbons (Fsp3) is 0.462. The second kappa shape index (κ2) is 7.04. The first-order chi connectivity index (χ1) is 8.11. The maximum absolute atomic E-state index is 10.7. The van der Waals surface area contributed by atoms with E-state index in [4.69, 9.17) is 5.11 Å². The molecular weight excluding hydrogens is 218 g/mol. The van der Waals surface area contributed by atoms with Crippen molar-refractivity contribution in [2.75, 3.05) is 13.1 Å². The Hall–Kier alpha value is -1.39. The molecule has 17 heavy (non-hydrogen) atoms. The zero-order valence-corrected chi connectivity index (χ0v) is 10.0. The molecule has 1 aromatic rings. The Morgan fingerprint density at radius 2 is 2.00 bits per heavy atom. The summed E-state index contributed by atoms with van der Waals surface area (Å²) in [6.07, 6.45) is 0.156. The fourth-order valence-corrected chi connectivity index (χ4v) is 1.65. The highest BCUT2D eigenvalue weighted by Crippen LogP contribution is 2.06. The minimum atomic E-state index is -0.871. The third-order valence-electron chi connectivity index (χ3n) is 2.55. The van der Waals surface area contributed by atoms with Crippen LogP contribution in [0.15, 0.2) is 30.3 Å². The molecule has 0 heterocycles. The molecule has 0 aromatic heterocycles. The molecule has 1 rings (SSSR count). The molecule has 0 saturated carbocycles. The maximum atomic E-state index is 10.7. The molecule has 94 valence electrons. The van der Waals surface area contributed by atoms with Gasteiger partial charge in [-0.1, -0.05) is 37.3 Å². The summed E-state index contributed by atoms with van der Waals surface area (Å²) in [7, 11) is 0. The van der Waals surface area contributed by atoms with Gasteiger partial charge in [0.1, 0.15) is 0 Å². The van der Waals surface area contributed by atoms with Crippen LogP contribution in [0.25, 0.3) is 0 Å². The standard InChI is InChI=1S/C13H19NO3/c1-2-12(15)9-14(10-13(16)17)8-11-6-4-3-5-7-11/h3-7,12,15H,2,8-10H2,1H3,(H,16,17). The first-order valence-electron chi connectivity index (χ1n) is 5.78. The van der Waals surface area contributed by atoms with Crippen molar-refractivity contribution in [1.82, 2.24) is 4.90 Å². The van der Waals surface area contributed by atoms with Crippen LogP contribution < -0.4 is 0 Å². The Morgan fingerprint density at radius 1 is 1.35 bits per heavy atom. The number of hydrogen-bond acceptors (Lipinski definition) is 3. The van der Waals surface area contributed by atoms with Crippen molar-refractivity contribution >= 4 is 5.97 Å². The smallest absolute Gasteiger partial charge is 0.317 e. The van der Waals surface area contributed by atoms with Crippen LogP contribution in [-0.2, 0) is 11.3 Å². The fourth-order valence-electron chi connectivity index (χ4n) is 1.65. The molecule has 4 nitrogen and oxygen atoms in total. The van der Waals surface area contributed by atoms with Gasteiger partial charge in [-0.2, -0.15) is 0 Å². The van der Waals surface area contributed by atoms with E-state index in [1.807, 2.05) is 37.3 Å². The quantitative estimate of drug-likeness (QED) is 0.751. The number of benzene rings is 1. The van der Waals surface area contributed by atoms with Crippen LogP contribution in [0.2, 0.25) is 0 Å². The van der Waals surface area contributed by atoms with Gasteiger partial charge in [0, 0.05) is 13.1 Å². The molecule has 0 bridgehead atoms. The van der Waals surface area contributed by atoms with E-state index in [-0.39, 0.29) is 6.54 Å². The van der Waals surface area contributed by atoms with Gasteiger partial charge in [0.15, 0.2) is 0 Å². The Labute approximate surface area is 101 Å². The molecule has 0 amide bonds. The van der Waals surface area contributed by atoms with Crippen molar-refractivity contribution in [3.05, 3.63) is 35.9 Å². The summed E-state index contributed by atoms with van der Waals surface area (Å²) >= 11 is 0. The predicted molar refractivity (Wildman–Crippen MR) is 65.7 cm³/mol. The van der Waals surface area contributed by atoms with Gasteiger partial charge in [-0.3, -0.25) is 9.69 Å². The van der Waals surface area contributed by atoms with E-state index < -0.39 is 12.1 Å². The van der Waals surface area contributed by atoms with Crippen molar-refractivity contribution in [2.45, 2.75) is 26.0 Å². The SMILES string of the molecule is CCC(O)CN(CC(=O)O)Cc1ccccc1. The monoisotopic (exact) mass is 237 g/mol. The van der Waals surface area contributed by atoms with E-state index in [2.05, 4.69) is 0 Å². The number of carbonyl (C=O) groups is 1. The van der Waals surface area contributed by atoms with Crippen molar-refractivity contribution in [3.63, 3.8) is 0 Å². The van der Waals surface area contributed by atoms with E-state index >= 15 is 0 Å². The van der Waals surface area contributed by atoms with Crippen LogP contribution in [0.4, 0.5) is 0 Å². The summed E-state index contributed by atoms with van der Waals surface area (Å²) in [5.41, 5.74) is 1.05. The summed E-state index contributed by atoms with van der Waals surface area (Å²) in [4.78, 5) is 12.5. The Bertz CT molecular complexity index is 340. The minimum absolute atomic E-state index is 0.0496. The Kier molecular flexibility index (Phi) is 5.66. The molecule has 0 aliphatic heterocycles. The number of carboxylic acids is 1. The first kappa shape index (κ1) is 13.7. The Balaban J connectivity index is 2.60. The molecule has 1 aromatic carbocycles. The molecule has 0 aliphatic carbocycles. The van der Waals surface area contributed by atoms with E-state index in [0.717, 1.165) is 5.56 Å². The van der Waals surface area contributed by atoms with Crippen molar-refractivity contribution in [3.8, 4) is 0 Å². The van der Waals surface area contributed by atoms with Crippen molar-refractivity contribution in [1.29, 1.82) is 0 Å². The average Bonchev–Trinajstić information content (AvgIpc) is 2.29. The lowest BCUT2D eigenvalue weighted by atomic mass is 10.2. The van der Waals surface area contributed by atoms with Crippen LogP contribution in [-0.4, -0.2) is 40.3 Å². The molecule has 4 heteroatoms. The van der Waals surface area contributed by atoms with Gasteiger partial charge in [-0.15, -0.1) is 0 Å². The molecule has 2 N–H and O–H groups in total. The van der Waals surface area contributed by atoms with Crippen LogP contribution >= 0.6 is 0 Å². The molecule has 0 radical (unpaired) electrons. The van der Waals surface area contributed by atoms with Gasteiger partial charge in [-0.05, 0) is 12.0 Å². The number of aliphatic hydroxyl groups is 1. The normalized spacial score (nSPS) is 12.6. The van der Waals surface area contributed by atoms with E-state index in [1.165, 1.54) is 0 Å². The molecule has 0 aliphatic rings. The maximum Gasteiger partial charge on any atom is 0.317 e. The van der Waals surface area contributed by atoms with Gasteiger partial charge < -0.3 is 10.2 Å². The lowest BCUT2D eigenvalue weighted by Crippen LogP contribution is -2.35. The van der Waals surface area contributed by atoms with Crippen LogP contribution in [0.5, 0.6) is 0 Å². The number of aliphatic hydroxyl groups excluding tert-OH is 1. The van der Waals surface area contributed by atoms with Crippen LogP contribution in [0, 0.1) is 0 Å². The molecule has 0 spiro atoms. The zero-order valence-electron chi connectivity index (χ0n) is 10.0. The highest BCUT2D eigenvalue weighted by atomic mass is 16.4. The van der Waals surface area contributed by atoms with Gasteiger partial charge in [0.05, 0.1) is 12.6 Å². The second-order valence-corrected chi connectivity index (χ2v) is 4.11. The van der Waals surface area contributed by atoms with Crippen LogP contribution in [0.1, 0.15) is 18.9 Å². The molecule has 1 atom stereocenters. The molecule has 0 saturated heterocycles. The van der Waals surface area contributed by atoms with Crippen LogP contribution in [0.3, 0.4) is 0 Å². The number of aliphatic carboxylic acids is 1. The van der Waals surface area contributed by atoms with E-state index in [1.54, 1.807) is 4.90 Å². The predicted octanol–water partition coefficient (Wildman–Crippen LogP) is 1.34. The lowest BCUT2D eigenvalue weighted by Gasteiger charge is -2.22. The summed E-state index contributed by atoms with van der Waals surface area (Å²) in [5.74, 6) is -0.871. The van der Waals surface area contributed by atoms with Gasteiger partial charge >= 0.3 is 5.97 Å². The first-order valence-corrected chi connectivity index (χ1v) is 5.78. The summed E-state index contributed by atoms with van der Waals surface area (Å²) < 4.78 is 0. The Morgan fingerprint density at radius 3 is 2.53 bits per heavy atom. The average molecular weight is 237 g/mol. The molecular formula is C13H19NO3. The second-order valence-electron chi connectivity index (χ2n) is 4.11. The van der Waals surface area contributed by atoms with Gasteiger partial charge in [0.25, 0.3) is 0 Å². The highest BCUT2D eigenvalue weighted by molar-refractivity contribution is 5.69. The summed E-state index contributed by atoms with van der Waals surface area (Å²) in [6.45, 7) is 2.76. The minimum Gasteiger partial charge on any atom is -0.480 e. The topological polar surface area (TPSA) is 60.8 Å². The summed E-state index contributed by atoms with van der Waals surface area (Å²) in [6, 6.07) is 9.67. The number of rotatable bonds is 7. The molecule has 0 fully saturated rings. The van der Waals surface area contributed by atoms with Crippen molar-refractivity contribution in [2.24, 2.45) is 0 Å². The lowest BCUT2D eigenvalue weighted by molar-refractivity contribution is -0.138. The van der Waals surface area contributed by atoms with Crippen molar-refractivity contribution < 1.29 is 15.0 Å². The van der Waals surface area contributed by atoms with E-state index in [9.17, 15) is 9.90 Å². The number of nitrogens with zero attached hydrogens (tertiary/aromatic N) is 1. The van der Waals surface area contributed by atoms with Gasteiger partial charge in [0.2, 0.25) is 0 Å². The molecule has 1 unspecified atom stereocenters. The number of carboxylic acid groups (broad SMARTS) is 1. The highest BCUT2D eigenvalue weighted by Gasteiger charge is 2.13. The van der Waals surface area contributed by atoms with E-state index in [0.29, 0.717) is 19.5 Å². The third-order valence-corrected chi connectivity index (χ3v) is 2.55. The zero-order chi connectivity index (χ0) is 12.7. The largest absolute Gasteiger partial charge is 0.480 e.